The number of carbonyl (C=O) groups is 1. The van der Waals surface area contributed by atoms with Crippen LogP contribution >= 0.6 is 0 Å². The Balaban J connectivity index is 1.93. The van der Waals surface area contributed by atoms with Gasteiger partial charge in [0, 0.05) is 6.54 Å². The molecular weight excluding hydrogens is 575 g/mol. The Morgan fingerprint density at radius 2 is 1.59 bits per heavy atom. The quantitative estimate of drug-likeness (QED) is 0.125. The van der Waals surface area contributed by atoms with Crippen molar-refractivity contribution < 1.29 is 36.6 Å². The smallest absolute Gasteiger partial charge is 0.453 e. The number of hydrogen-bond acceptors (Lipinski definition) is 7. The molecule has 0 saturated carbocycles. The molecule has 7 nitrogen and oxygen atoms in total. The summed E-state index contributed by atoms with van der Waals surface area (Å²) in [5.41, 5.74) is 1.23. The number of nitrogens with zero attached hydrogens (tertiary/aromatic N) is 1. The van der Waals surface area contributed by atoms with Crippen molar-refractivity contribution in [3.05, 3.63) is 92.3 Å². The van der Waals surface area contributed by atoms with Gasteiger partial charge in [0.05, 0.1) is 23.6 Å². The average Bonchev–Trinajstić information content (AvgIpc) is 2.97. The van der Waals surface area contributed by atoms with Crippen LogP contribution in [-0.4, -0.2) is 31.1 Å². The molecule has 10 heteroatoms. The Kier molecular flexibility index (Phi) is 10.0. The lowest BCUT2D eigenvalue weighted by atomic mass is 10.1. The van der Waals surface area contributed by atoms with Gasteiger partial charge in [-0.2, -0.15) is 13.2 Å². The van der Waals surface area contributed by atoms with E-state index in [0.29, 0.717) is 24.4 Å². The van der Waals surface area contributed by atoms with Crippen molar-refractivity contribution in [2.75, 3.05) is 20.2 Å². The Morgan fingerprint density at radius 3 is 2.18 bits per heavy atom. The molecule has 0 fully saturated rings. The predicted octanol–water partition coefficient (Wildman–Crippen LogP) is 8.38. The topological polar surface area (TPSA) is 78.2 Å². The number of methoxy groups -OCH3 is 1. The number of hydrogen-bond donors (Lipinski definition) is 0. The van der Waals surface area contributed by atoms with Crippen molar-refractivity contribution in [3.63, 3.8) is 0 Å². The van der Waals surface area contributed by atoms with E-state index in [2.05, 4.69) is 0 Å². The highest BCUT2D eigenvalue weighted by molar-refractivity contribution is 5.92. The van der Waals surface area contributed by atoms with Gasteiger partial charge in [0.2, 0.25) is 11.2 Å². The molecule has 1 heterocycles. The number of alkyl halides is 3. The third-order valence-electron chi connectivity index (χ3n) is 7.30. The first-order chi connectivity index (χ1) is 20.9. The maximum Gasteiger partial charge on any atom is 0.453 e. The summed E-state index contributed by atoms with van der Waals surface area (Å²) in [5, 5.41) is -0.123. The van der Waals surface area contributed by atoms with E-state index in [1.165, 1.54) is 31.4 Å². The van der Waals surface area contributed by atoms with Crippen molar-refractivity contribution in [2.24, 2.45) is 0 Å². The van der Waals surface area contributed by atoms with Crippen LogP contribution in [0.25, 0.3) is 11.0 Å². The van der Waals surface area contributed by atoms with Crippen LogP contribution in [0.15, 0.2) is 57.7 Å². The number of carbonyl (C=O) groups excluding carboxylic acids is 1. The van der Waals surface area contributed by atoms with Crippen LogP contribution in [0.4, 0.5) is 13.2 Å². The molecule has 234 valence electrons. The average molecular weight is 612 g/mol. The summed E-state index contributed by atoms with van der Waals surface area (Å²) in [7, 11) is 1.50. The van der Waals surface area contributed by atoms with Gasteiger partial charge >= 0.3 is 12.1 Å². The summed E-state index contributed by atoms with van der Waals surface area (Å²) >= 11 is 0. The van der Waals surface area contributed by atoms with E-state index in [1.54, 1.807) is 32.0 Å². The van der Waals surface area contributed by atoms with Crippen LogP contribution in [0.5, 0.6) is 23.0 Å². The molecule has 3 aromatic carbocycles. The zero-order valence-corrected chi connectivity index (χ0v) is 25.7. The minimum absolute atomic E-state index is 0.00868. The zero-order valence-electron chi connectivity index (χ0n) is 25.7. The van der Waals surface area contributed by atoms with Gasteiger partial charge in [0.15, 0.2) is 0 Å². The molecule has 0 amide bonds. The number of esters is 1. The highest BCUT2D eigenvalue weighted by Gasteiger charge is 2.41. The van der Waals surface area contributed by atoms with E-state index in [0.717, 1.165) is 24.0 Å². The van der Waals surface area contributed by atoms with Gasteiger partial charge in [-0.3, -0.25) is 9.69 Å². The van der Waals surface area contributed by atoms with Crippen LogP contribution in [-0.2, 0) is 12.7 Å². The Labute approximate surface area is 254 Å². The normalized spacial score (nSPS) is 11.7. The molecule has 0 atom stereocenters. The molecule has 0 N–H and O–H groups in total. The minimum atomic E-state index is -5.06. The first-order valence-electron chi connectivity index (χ1n) is 14.4. The van der Waals surface area contributed by atoms with E-state index in [4.69, 9.17) is 18.6 Å². The summed E-state index contributed by atoms with van der Waals surface area (Å²) in [5.74, 6) is -2.59. The van der Waals surface area contributed by atoms with Gasteiger partial charge in [-0.15, -0.1) is 0 Å². The lowest BCUT2D eigenvalue weighted by Gasteiger charge is -2.23. The minimum Gasteiger partial charge on any atom is -0.497 e. The molecule has 0 spiro atoms. The van der Waals surface area contributed by atoms with Gasteiger partial charge < -0.3 is 18.6 Å². The molecule has 0 unspecified atom stereocenters. The summed E-state index contributed by atoms with van der Waals surface area (Å²) in [6, 6.07) is 12.4. The Bertz CT molecular complexity index is 1700. The summed E-state index contributed by atoms with van der Waals surface area (Å²) in [6.45, 7) is 10.6. The van der Waals surface area contributed by atoms with Gasteiger partial charge in [-0.05, 0) is 106 Å². The lowest BCUT2D eigenvalue weighted by molar-refractivity contribution is -0.154. The summed E-state index contributed by atoms with van der Waals surface area (Å²) in [6.07, 6.45) is -3.51. The van der Waals surface area contributed by atoms with Gasteiger partial charge in [0.25, 0.3) is 5.76 Å². The van der Waals surface area contributed by atoms with E-state index in [-0.39, 0.29) is 40.1 Å². The third-order valence-corrected chi connectivity index (χ3v) is 7.30. The van der Waals surface area contributed by atoms with Crippen molar-refractivity contribution in [2.45, 2.75) is 60.2 Å². The molecule has 4 aromatic rings. The van der Waals surface area contributed by atoms with E-state index < -0.39 is 29.1 Å². The molecule has 0 bridgehead atoms. The second-order valence-corrected chi connectivity index (χ2v) is 10.7. The number of benzene rings is 3. The standard InChI is InChI=1S/C34H36F3NO6/c1-7-15-38(16-8-2)19-26-27(43-33(40)23-9-11-24(41-6)12-10-23)14-13-25-29(39)31(32(34(35,36)37)44-30(25)26)42-28-18-20(3)17-21(4)22(28)5/h9-14,17-18H,7-8,15-16,19H2,1-6H3. The van der Waals surface area contributed by atoms with Crippen molar-refractivity contribution in [1.82, 2.24) is 4.90 Å². The number of halogens is 3. The van der Waals surface area contributed by atoms with E-state index in [9.17, 15) is 22.8 Å². The van der Waals surface area contributed by atoms with Crippen molar-refractivity contribution in [1.29, 1.82) is 0 Å². The number of ether oxygens (including phenoxy) is 3. The van der Waals surface area contributed by atoms with Crippen molar-refractivity contribution >= 4 is 16.9 Å². The van der Waals surface area contributed by atoms with Gasteiger partial charge in [0.1, 0.15) is 22.8 Å². The number of aryl methyl sites for hydroxylation is 2. The number of rotatable bonds is 11. The number of fused-ring (bicyclic) bond motifs is 1. The third kappa shape index (κ3) is 7.07. The highest BCUT2D eigenvalue weighted by atomic mass is 19.4. The molecule has 0 saturated heterocycles. The fourth-order valence-corrected chi connectivity index (χ4v) is 5.03. The first kappa shape index (κ1) is 32.6. The highest BCUT2D eigenvalue weighted by Crippen LogP contribution is 2.41. The summed E-state index contributed by atoms with van der Waals surface area (Å²) in [4.78, 5) is 28.9. The monoisotopic (exact) mass is 611 g/mol. The molecule has 0 aliphatic heterocycles. The zero-order chi connectivity index (χ0) is 32.2. The largest absolute Gasteiger partial charge is 0.497 e. The van der Waals surface area contributed by atoms with Crippen LogP contribution in [0, 0.1) is 20.8 Å². The van der Waals surface area contributed by atoms with Gasteiger partial charge in [-0.25, -0.2) is 4.79 Å². The molecule has 44 heavy (non-hydrogen) atoms. The van der Waals surface area contributed by atoms with Crippen LogP contribution in [0.1, 0.15) is 65.1 Å². The van der Waals surface area contributed by atoms with Crippen LogP contribution < -0.4 is 19.6 Å². The maximum absolute atomic E-state index is 14.5. The molecule has 4 rings (SSSR count). The SMILES string of the molecule is CCCN(CCC)Cc1c(OC(=O)c2ccc(OC)cc2)ccc2c(=O)c(Oc3cc(C)cc(C)c3C)c(C(F)(F)F)oc12. The first-order valence-corrected chi connectivity index (χ1v) is 14.4. The second kappa shape index (κ2) is 13.5. The predicted molar refractivity (Wildman–Crippen MR) is 162 cm³/mol. The van der Waals surface area contributed by atoms with Crippen LogP contribution in [0.3, 0.4) is 0 Å². The van der Waals surface area contributed by atoms with Crippen molar-refractivity contribution in [3.8, 4) is 23.0 Å². The van der Waals surface area contributed by atoms with Gasteiger partial charge in [-0.1, -0.05) is 19.9 Å². The summed E-state index contributed by atoms with van der Waals surface area (Å²) < 4.78 is 65.7. The lowest BCUT2D eigenvalue weighted by Crippen LogP contribution is -2.26. The molecule has 1 aromatic heterocycles. The second-order valence-electron chi connectivity index (χ2n) is 10.7. The molecule has 0 radical (unpaired) electrons. The fraction of sp³-hybridized carbons (Fsp3) is 0.353. The van der Waals surface area contributed by atoms with E-state index in [1.807, 2.05) is 31.7 Å². The Morgan fingerprint density at radius 1 is 0.932 bits per heavy atom. The molecule has 0 aliphatic rings. The molecule has 0 aliphatic carbocycles. The fourth-order valence-electron chi connectivity index (χ4n) is 5.03. The maximum atomic E-state index is 14.5. The molecular formula is C34H36F3NO6. The Hall–Kier alpha value is -4.31. The van der Waals surface area contributed by atoms with Crippen LogP contribution in [0.2, 0.25) is 0 Å². The van der Waals surface area contributed by atoms with E-state index >= 15 is 0 Å².